The minimum absolute atomic E-state index is 0.155. The summed E-state index contributed by atoms with van der Waals surface area (Å²) in [6.45, 7) is 0. The van der Waals surface area contributed by atoms with Gasteiger partial charge in [-0.25, -0.2) is 26.3 Å². The van der Waals surface area contributed by atoms with Crippen molar-refractivity contribution in [2.45, 2.75) is 36.7 Å². The topological polar surface area (TPSA) is 29.5 Å². The SMILES string of the molecule is COC(CC(O)c1c(F)c(F)c(F)c(F)c1F)C(F)(C(F)(F)F)C(F)(F)F. The largest absolute Gasteiger partial charge is 0.434 e. The van der Waals surface area contributed by atoms with Crippen molar-refractivity contribution >= 4 is 0 Å². The summed E-state index contributed by atoms with van der Waals surface area (Å²) < 4.78 is 160. The van der Waals surface area contributed by atoms with Crippen molar-refractivity contribution in [2.24, 2.45) is 0 Å². The smallest absolute Gasteiger partial charge is 0.388 e. The zero-order valence-corrected chi connectivity index (χ0v) is 12.8. The maximum Gasteiger partial charge on any atom is 0.434 e. The molecule has 1 rings (SSSR count). The maximum absolute atomic E-state index is 13.9. The first-order chi connectivity index (χ1) is 12.0. The number of halogens is 12. The fourth-order valence-corrected chi connectivity index (χ4v) is 2.18. The van der Waals surface area contributed by atoms with E-state index in [1.165, 1.54) is 0 Å². The van der Waals surface area contributed by atoms with E-state index in [1.54, 1.807) is 0 Å². The monoisotopic (exact) mass is 424 g/mol. The molecule has 0 heterocycles. The van der Waals surface area contributed by atoms with Gasteiger partial charge in [0.2, 0.25) is 5.82 Å². The molecule has 14 heteroatoms. The lowest BCUT2D eigenvalue weighted by Gasteiger charge is -2.36. The van der Waals surface area contributed by atoms with Crippen LogP contribution >= 0.6 is 0 Å². The molecule has 0 amide bonds. The van der Waals surface area contributed by atoms with Crippen LogP contribution in [0.1, 0.15) is 18.1 Å². The number of hydrogen-bond acceptors (Lipinski definition) is 2. The van der Waals surface area contributed by atoms with Gasteiger partial charge in [-0.15, -0.1) is 0 Å². The molecule has 0 saturated carbocycles. The van der Waals surface area contributed by atoms with Crippen LogP contribution in [0.4, 0.5) is 52.7 Å². The van der Waals surface area contributed by atoms with Crippen LogP contribution in [0, 0.1) is 29.1 Å². The number of hydrogen-bond donors (Lipinski definition) is 1. The van der Waals surface area contributed by atoms with Crippen molar-refractivity contribution in [1.82, 2.24) is 0 Å². The third-order valence-electron chi connectivity index (χ3n) is 3.57. The number of alkyl halides is 7. The predicted octanol–water partition coefficient (Wildman–Crippen LogP) is 4.65. The molecular weight excluding hydrogens is 416 g/mol. The van der Waals surface area contributed by atoms with E-state index >= 15 is 0 Å². The first kappa shape index (κ1) is 23.3. The fourth-order valence-electron chi connectivity index (χ4n) is 2.18. The second-order valence-electron chi connectivity index (χ2n) is 5.17. The van der Waals surface area contributed by atoms with Crippen LogP contribution < -0.4 is 0 Å². The van der Waals surface area contributed by atoms with Gasteiger partial charge >= 0.3 is 18.0 Å². The molecule has 2 unspecified atom stereocenters. The van der Waals surface area contributed by atoms with Crippen molar-refractivity contribution in [1.29, 1.82) is 0 Å². The molecule has 0 aromatic heterocycles. The fraction of sp³-hybridized carbons (Fsp3) is 0.538. The van der Waals surface area contributed by atoms with Crippen LogP contribution in [-0.4, -0.2) is 36.3 Å². The Hall–Kier alpha value is -1.70. The van der Waals surface area contributed by atoms with Gasteiger partial charge in [-0.05, 0) is 0 Å². The van der Waals surface area contributed by atoms with Crippen LogP contribution in [0.5, 0.6) is 0 Å². The predicted molar refractivity (Wildman–Crippen MR) is 62.6 cm³/mol. The van der Waals surface area contributed by atoms with Crippen molar-refractivity contribution in [3.63, 3.8) is 0 Å². The quantitative estimate of drug-likeness (QED) is 0.424. The summed E-state index contributed by atoms with van der Waals surface area (Å²) in [4.78, 5) is 0. The second-order valence-corrected chi connectivity index (χ2v) is 5.17. The third kappa shape index (κ3) is 3.81. The van der Waals surface area contributed by atoms with Gasteiger partial charge in [0.25, 0.3) is 0 Å². The number of benzene rings is 1. The molecule has 0 saturated heterocycles. The van der Waals surface area contributed by atoms with E-state index in [9.17, 15) is 57.8 Å². The molecule has 1 aromatic carbocycles. The molecule has 0 aliphatic heterocycles. The van der Waals surface area contributed by atoms with Crippen molar-refractivity contribution in [2.75, 3.05) is 7.11 Å². The Bertz CT molecular complexity index is 653. The Kier molecular flexibility index (Phi) is 6.37. The van der Waals surface area contributed by atoms with E-state index in [2.05, 4.69) is 4.74 Å². The molecule has 27 heavy (non-hydrogen) atoms. The van der Waals surface area contributed by atoms with Crippen LogP contribution in [0.2, 0.25) is 0 Å². The molecule has 0 radical (unpaired) electrons. The van der Waals surface area contributed by atoms with E-state index in [-0.39, 0.29) is 7.11 Å². The number of rotatable bonds is 5. The number of ether oxygens (including phenoxy) is 1. The molecule has 156 valence electrons. The summed E-state index contributed by atoms with van der Waals surface area (Å²) in [6, 6.07) is 0. The van der Waals surface area contributed by atoms with Gasteiger partial charge < -0.3 is 9.84 Å². The van der Waals surface area contributed by atoms with Crippen LogP contribution in [0.25, 0.3) is 0 Å². The minimum atomic E-state index is -6.65. The molecule has 0 bridgehead atoms. The molecular formula is C13H8F12O2. The second kappa shape index (κ2) is 7.37. The first-order valence-electron chi connectivity index (χ1n) is 6.56. The van der Waals surface area contributed by atoms with Gasteiger partial charge in [0, 0.05) is 13.5 Å². The number of methoxy groups -OCH3 is 1. The summed E-state index contributed by atoms with van der Waals surface area (Å²) >= 11 is 0. The summed E-state index contributed by atoms with van der Waals surface area (Å²) in [5.41, 5.74) is -8.25. The lowest BCUT2D eigenvalue weighted by molar-refractivity contribution is -0.368. The van der Waals surface area contributed by atoms with E-state index in [4.69, 9.17) is 0 Å². The molecule has 0 aliphatic carbocycles. The highest BCUT2D eigenvalue weighted by atomic mass is 19.4. The van der Waals surface area contributed by atoms with Crippen LogP contribution in [0.15, 0.2) is 0 Å². The highest BCUT2D eigenvalue weighted by Gasteiger charge is 2.76. The number of aliphatic hydroxyl groups excluding tert-OH is 1. The Labute approximate surface area is 142 Å². The molecule has 2 nitrogen and oxygen atoms in total. The first-order valence-corrected chi connectivity index (χ1v) is 6.56. The summed E-state index contributed by atoms with van der Waals surface area (Å²) in [5.74, 6) is -13.3. The van der Waals surface area contributed by atoms with Gasteiger partial charge in [0.05, 0.1) is 11.7 Å². The molecule has 0 aliphatic rings. The Morgan fingerprint density at radius 1 is 0.741 bits per heavy atom. The van der Waals surface area contributed by atoms with Gasteiger partial charge in [0.1, 0.15) is 6.10 Å². The summed E-state index contributed by atoms with van der Waals surface area (Å²) in [7, 11) is 0.155. The highest BCUT2D eigenvalue weighted by molar-refractivity contribution is 5.26. The minimum Gasteiger partial charge on any atom is -0.388 e. The summed E-state index contributed by atoms with van der Waals surface area (Å²) in [5, 5.41) is 9.50. The van der Waals surface area contributed by atoms with E-state index in [0.717, 1.165) is 0 Å². The van der Waals surface area contributed by atoms with Crippen molar-refractivity contribution < 1.29 is 62.5 Å². The standard InChI is InChI=1S/C13H8F12O2/c1-27-4(11(19,12(20,21)22)13(23,24)25)2-3(26)5-6(14)8(16)10(18)9(17)7(5)15/h3-4,26H,2H2,1H3. The molecule has 1 N–H and O–H groups in total. The van der Waals surface area contributed by atoms with E-state index in [1.807, 2.05) is 0 Å². The van der Waals surface area contributed by atoms with E-state index in [0.29, 0.717) is 0 Å². The zero-order chi connectivity index (χ0) is 21.5. The maximum atomic E-state index is 13.9. The highest BCUT2D eigenvalue weighted by Crippen LogP contribution is 2.51. The Morgan fingerprint density at radius 2 is 1.07 bits per heavy atom. The average molecular weight is 424 g/mol. The third-order valence-corrected chi connectivity index (χ3v) is 3.57. The van der Waals surface area contributed by atoms with Crippen molar-refractivity contribution in [3.8, 4) is 0 Å². The molecule has 0 spiro atoms. The molecule has 2 atom stereocenters. The lowest BCUT2D eigenvalue weighted by atomic mass is 9.90. The van der Waals surface area contributed by atoms with Crippen molar-refractivity contribution in [3.05, 3.63) is 34.6 Å². The van der Waals surface area contributed by atoms with E-state index < -0.39 is 71.3 Å². The van der Waals surface area contributed by atoms with Gasteiger partial charge in [0.15, 0.2) is 23.3 Å². The Balaban J connectivity index is 3.45. The van der Waals surface area contributed by atoms with Gasteiger partial charge in [-0.3, -0.25) is 0 Å². The Morgan fingerprint density at radius 3 is 1.37 bits per heavy atom. The normalized spacial score (nSPS) is 15.8. The van der Waals surface area contributed by atoms with Crippen LogP contribution in [-0.2, 0) is 4.74 Å². The lowest BCUT2D eigenvalue weighted by Crippen LogP contribution is -2.61. The zero-order valence-electron chi connectivity index (χ0n) is 12.8. The van der Waals surface area contributed by atoms with Gasteiger partial charge in [-0.1, -0.05) is 0 Å². The summed E-state index contributed by atoms with van der Waals surface area (Å²) in [6.07, 6.45) is -22.3. The molecule has 0 fully saturated rings. The average Bonchev–Trinajstić information content (AvgIpc) is 2.53. The van der Waals surface area contributed by atoms with Crippen LogP contribution in [0.3, 0.4) is 0 Å². The molecule has 1 aromatic rings. The number of aliphatic hydroxyl groups is 1. The van der Waals surface area contributed by atoms with Gasteiger partial charge in [-0.2, -0.15) is 26.3 Å².